The van der Waals surface area contributed by atoms with Crippen LogP contribution in [0.1, 0.15) is 18.0 Å². The van der Waals surface area contributed by atoms with Crippen LogP contribution in [0.25, 0.3) is 0 Å². The monoisotopic (exact) mass is 547 g/mol. The maximum absolute atomic E-state index is 13.1. The van der Waals surface area contributed by atoms with E-state index >= 15 is 0 Å². The molecule has 0 bridgehead atoms. The molecule has 32 heavy (non-hydrogen) atoms. The number of nitro benzene ring substituents is 1. The predicted molar refractivity (Wildman–Crippen MR) is 124 cm³/mol. The summed E-state index contributed by atoms with van der Waals surface area (Å²) in [5, 5.41) is 24.4. The lowest BCUT2D eigenvalue weighted by Crippen LogP contribution is -2.33. The van der Waals surface area contributed by atoms with Crippen molar-refractivity contribution in [3.05, 3.63) is 61.6 Å². The summed E-state index contributed by atoms with van der Waals surface area (Å²) < 4.78 is 37.1. The van der Waals surface area contributed by atoms with E-state index in [1.807, 2.05) is 19.6 Å². The SMILES string of the molecule is C[Si](C)(C)OC(C#N)C[C@@H](Nc1cc(Cl)ccc1[N+](=O)[O-])c1c(Br)cccc1OC(F)F. The Bertz CT molecular complexity index is 1020. The minimum Gasteiger partial charge on any atom is -0.434 e. The van der Waals surface area contributed by atoms with Gasteiger partial charge in [0.15, 0.2) is 8.32 Å². The van der Waals surface area contributed by atoms with Crippen LogP contribution in [0.2, 0.25) is 24.7 Å². The number of hydrogen-bond acceptors (Lipinski definition) is 6. The molecule has 0 aliphatic carbocycles. The van der Waals surface area contributed by atoms with Gasteiger partial charge in [0.1, 0.15) is 17.5 Å². The number of benzene rings is 2. The van der Waals surface area contributed by atoms with Gasteiger partial charge in [0.2, 0.25) is 0 Å². The van der Waals surface area contributed by atoms with Gasteiger partial charge in [0.05, 0.1) is 17.0 Å². The Kier molecular flexibility index (Phi) is 8.97. The number of halogens is 4. The molecule has 0 radical (unpaired) electrons. The lowest BCUT2D eigenvalue weighted by atomic mass is 9.99. The molecule has 0 fully saturated rings. The Labute approximate surface area is 198 Å². The minimum absolute atomic E-state index is 0.00660. The van der Waals surface area contributed by atoms with E-state index < -0.39 is 32.0 Å². The summed E-state index contributed by atoms with van der Waals surface area (Å²) in [6, 6.07) is 9.68. The minimum atomic E-state index is -3.09. The van der Waals surface area contributed by atoms with Crippen LogP contribution in [-0.4, -0.2) is 26.0 Å². The topological polar surface area (TPSA) is 97.4 Å². The summed E-state index contributed by atoms with van der Waals surface area (Å²) in [7, 11) is -2.13. The number of alkyl halides is 2. The zero-order valence-electron chi connectivity index (χ0n) is 17.4. The van der Waals surface area contributed by atoms with Crippen LogP contribution in [0.4, 0.5) is 20.2 Å². The van der Waals surface area contributed by atoms with Crippen molar-refractivity contribution in [2.45, 2.75) is 44.8 Å². The van der Waals surface area contributed by atoms with E-state index in [9.17, 15) is 24.2 Å². The van der Waals surface area contributed by atoms with Crippen LogP contribution in [0.3, 0.4) is 0 Å². The fourth-order valence-electron chi connectivity index (χ4n) is 3.04. The molecule has 12 heteroatoms. The van der Waals surface area contributed by atoms with Crippen molar-refractivity contribution in [1.29, 1.82) is 5.26 Å². The maximum atomic E-state index is 13.1. The lowest BCUT2D eigenvalue weighted by Gasteiger charge is -2.28. The highest BCUT2D eigenvalue weighted by Gasteiger charge is 2.29. The molecule has 1 N–H and O–H groups in total. The summed E-state index contributed by atoms with van der Waals surface area (Å²) in [5.41, 5.74) is 0.0693. The van der Waals surface area contributed by atoms with Crippen LogP contribution in [0, 0.1) is 21.4 Å². The van der Waals surface area contributed by atoms with E-state index in [-0.39, 0.29) is 34.1 Å². The van der Waals surface area contributed by atoms with Gasteiger partial charge in [-0.05, 0) is 43.9 Å². The molecule has 0 amide bonds. The van der Waals surface area contributed by atoms with Crippen LogP contribution in [0.15, 0.2) is 40.9 Å². The Morgan fingerprint density at radius 3 is 2.56 bits per heavy atom. The van der Waals surface area contributed by atoms with Crippen molar-refractivity contribution in [1.82, 2.24) is 0 Å². The Balaban J connectivity index is 2.59. The Morgan fingerprint density at radius 1 is 1.31 bits per heavy atom. The molecule has 0 aliphatic rings. The smallest absolute Gasteiger partial charge is 0.387 e. The normalized spacial score (nSPS) is 13.3. The van der Waals surface area contributed by atoms with Crippen molar-refractivity contribution in [3.63, 3.8) is 0 Å². The standard InChI is InChI=1S/C20H21BrClF2N3O4Si/c1-32(2,3)31-13(11-25)10-16(19-14(21)5-4-6-18(19)30-20(23)24)26-15-9-12(22)7-8-17(15)27(28)29/h4-9,13,16,20,26H,10H2,1-3H3/t13?,16-/m1/s1. The molecule has 2 atom stereocenters. The number of rotatable bonds is 10. The van der Waals surface area contributed by atoms with Crippen LogP contribution < -0.4 is 10.1 Å². The summed E-state index contributed by atoms with van der Waals surface area (Å²) in [5.74, 6) is -0.138. The molecule has 0 aliphatic heterocycles. The number of nitrogens with one attached hydrogen (secondary N) is 1. The van der Waals surface area contributed by atoms with Gasteiger partial charge in [0, 0.05) is 27.5 Å². The summed E-state index contributed by atoms with van der Waals surface area (Å²) in [6.45, 7) is 2.64. The molecule has 2 aromatic rings. The molecule has 7 nitrogen and oxygen atoms in total. The molecule has 172 valence electrons. The van der Waals surface area contributed by atoms with Gasteiger partial charge in [-0.3, -0.25) is 10.1 Å². The van der Waals surface area contributed by atoms with Gasteiger partial charge < -0.3 is 14.5 Å². The largest absolute Gasteiger partial charge is 0.434 e. The molecular formula is C20H21BrClF2N3O4Si. The second-order valence-corrected chi connectivity index (χ2v) is 13.5. The summed E-state index contributed by atoms with van der Waals surface area (Å²) >= 11 is 9.38. The molecular weight excluding hydrogens is 528 g/mol. The fraction of sp³-hybridized carbons (Fsp3) is 0.350. The third-order valence-electron chi connectivity index (χ3n) is 4.15. The number of anilines is 1. The van der Waals surface area contributed by atoms with E-state index in [0.717, 1.165) is 0 Å². The zero-order chi connectivity index (χ0) is 24.1. The number of nitrogens with zero attached hydrogens (tertiary/aromatic N) is 2. The first-order chi connectivity index (χ1) is 14.9. The van der Waals surface area contributed by atoms with Gasteiger partial charge in [-0.1, -0.05) is 33.6 Å². The quantitative estimate of drug-likeness (QED) is 0.197. The molecule has 1 unspecified atom stereocenters. The molecule has 2 aromatic carbocycles. The second kappa shape index (κ2) is 11.0. The average Bonchev–Trinajstić information content (AvgIpc) is 2.65. The van der Waals surface area contributed by atoms with E-state index in [0.29, 0.717) is 4.47 Å². The Morgan fingerprint density at radius 2 is 2.00 bits per heavy atom. The average molecular weight is 549 g/mol. The summed E-state index contributed by atoms with van der Waals surface area (Å²) in [4.78, 5) is 10.9. The van der Waals surface area contributed by atoms with E-state index in [1.165, 1.54) is 30.3 Å². The first-order valence-corrected chi connectivity index (χ1v) is 14.0. The van der Waals surface area contributed by atoms with E-state index in [1.54, 1.807) is 6.07 Å². The lowest BCUT2D eigenvalue weighted by molar-refractivity contribution is -0.384. The molecule has 0 aromatic heterocycles. The fourth-order valence-corrected chi connectivity index (χ4v) is 4.84. The van der Waals surface area contributed by atoms with Gasteiger partial charge >= 0.3 is 6.61 Å². The van der Waals surface area contributed by atoms with Crippen molar-refractivity contribution >= 4 is 47.2 Å². The highest BCUT2D eigenvalue weighted by Crippen LogP contribution is 2.40. The molecule has 2 rings (SSSR count). The second-order valence-electron chi connectivity index (χ2n) is 7.73. The molecule has 0 spiro atoms. The highest BCUT2D eigenvalue weighted by molar-refractivity contribution is 9.10. The Hall–Kier alpha value is -2.26. The van der Waals surface area contributed by atoms with Crippen LogP contribution in [-0.2, 0) is 4.43 Å². The first-order valence-electron chi connectivity index (χ1n) is 9.42. The molecule has 0 heterocycles. The molecule has 0 saturated heterocycles. The highest BCUT2D eigenvalue weighted by atomic mass is 79.9. The van der Waals surface area contributed by atoms with E-state index in [2.05, 4.69) is 32.1 Å². The van der Waals surface area contributed by atoms with E-state index in [4.69, 9.17) is 16.0 Å². The summed E-state index contributed by atoms with van der Waals surface area (Å²) in [6.07, 6.45) is -0.893. The van der Waals surface area contributed by atoms with Crippen molar-refractivity contribution in [3.8, 4) is 11.8 Å². The predicted octanol–water partition coefficient (Wildman–Crippen LogP) is 6.90. The van der Waals surface area contributed by atoms with Crippen molar-refractivity contribution < 1.29 is 22.9 Å². The van der Waals surface area contributed by atoms with Gasteiger partial charge in [-0.25, -0.2) is 0 Å². The first kappa shape index (κ1) is 26.0. The van der Waals surface area contributed by atoms with Gasteiger partial charge in [-0.2, -0.15) is 14.0 Å². The van der Waals surface area contributed by atoms with Crippen LogP contribution >= 0.6 is 27.5 Å². The third-order valence-corrected chi connectivity index (χ3v) is 6.07. The van der Waals surface area contributed by atoms with Gasteiger partial charge in [-0.15, -0.1) is 0 Å². The zero-order valence-corrected chi connectivity index (χ0v) is 20.8. The third kappa shape index (κ3) is 7.41. The van der Waals surface area contributed by atoms with Crippen LogP contribution in [0.5, 0.6) is 5.75 Å². The molecule has 0 saturated carbocycles. The van der Waals surface area contributed by atoms with Crippen molar-refractivity contribution in [2.75, 3.05) is 5.32 Å². The number of hydrogen-bond donors (Lipinski definition) is 1. The van der Waals surface area contributed by atoms with Gasteiger partial charge in [0.25, 0.3) is 5.69 Å². The maximum Gasteiger partial charge on any atom is 0.387 e. The number of nitro groups is 1. The number of nitriles is 1. The van der Waals surface area contributed by atoms with Crippen molar-refractivity contribution in [2.24, 2.45) is 0 Å². The number of ether oxygens (including phenoxy) is 1.